The number of esters is 2. The van der Waals surface area contributed by atoms with Crippen molar-refractivity contribution in [2.24, 2.45) is 11.8 Å². The number of fused-ring (bicyclic) bond motifs is 2. The van der Waals surface area contributed by atoms with Gasteiger partial charge in [0, 0.05) is 24.2 Å². The third-order valence-corrected chi connectivity index (χ3v) is 13.1. The van der Waals surface area contributed by atoms with Crippen molar-refractivity contribution in [3.63, 3.8) is 0 Å². The lowest BCUT2D eigenvalue weighted by Gasteiger charge is -2.29. The number of nitrogens with zero attached hydrogens (tertiary/aromatic N) is 2. The first-order chi connectivity index (χ1) is 30.7. The topological polar surface area (TPSA) is 204 Å². The molecule has 2 heterocycles. The van der Waals surface area contributed by atoms with E-state index in [0.717, 1.165) is 71.9 Å². The first-order valence-electron chi connectivity index (χ1n) is 22.7. The van der Waals surface area contributed by atoms with Gasteiger partial charge < -0.3 is 39.4 Å². The fourth-order valence-electron chi connectivity index (χ4n) is 9.69. The number of ether oxygens (including phenoxy) is 4. The van der Waals surface area contributed by atoms with Gasteiger partial charge in [0.15, 0.2) is 13.2 Å². The molecule has 0 aromatic heterocycles. The van der Waals surface area contributed by atoms with E-state index >= 15 is 0 Å². The molecule has 2 aromatic rings. The average Bonchev–Trinajstić information content (AvgIpc) is 4.01. The number of carbonyl (C=O) groups excluding carboxylic acids is 8. The van der Waals surface area contributed by atoms with E-state index in [1.807, 2.05) is 12.1 Å². The van der Waals surface area contributed by atoms with Gasteiger partial charge in [-0.15, -0.1) is 0 Å². The fraction of sp³-hybridized carbons (Fsp3) is 0.583. The van der Waals surface area contributed by atoms with Crippen LogP contribution in [0.15, 0.2) is 24.3 Å². The van der Waals surface area contributed by atoms with Crippen LogP contribution in [0.4, 0.5) is 9.59 Å². The van der Waals surface area contributed by atoms with Crippen LogP contribution in [0, 0.1) is 11.8 Å². The van der Waals surface area contributed by atoms with E-state index in [1.54, 1.807) is 39.8 Å². The molecule has 0 spiro atoms. The van der Waals surface area contributed by atoms with Crippen molar-refractivity contribution in [1.82, 2.24) is 20.4 Å². The van der Waals surface area contributed by atoms with E-state index in [4.69, 9.17) is 18.9 Å². The van der Waals surface area contributed by atoms with Crippen LogP contribution in [0.25, 0.3) is 11.1 Å². The summed E-state index contributed by atoms with van der Waals surface area (Å²) in [5.74, 6) is -3.34. The maximum atomic E-state index is 13.8. The Bertz CT molecular complexity index is 2000. The van der Waals surface area contributed by atoms with Crippen LogP contribution >= 0.6 is 0 Å². The van der Waals surface area contributed by atoms with Gasteiger partial charge >= 0.3 is 24.1 Å². The minimum absolute atomic E-state index is 0.263. The molecule has 16 nitrogen and oxygen atoms in total. The lowest BCUT2D eigenvalue weighted by molar-refractivity contribution is -0.153. The van der Waals surface area contributed by atoms with E-state index < -0.39 is 73.3 Å². The monoisotopic (exact) mass is 886 g/mol. The van der Waals surface area contributed by atoms with E-state index in [-0.39, 0.29) is 23.4 Å². The molecule has 64 heavy (non-hydrogen) atoms. The molecule has 2 aromatic carbocycles. The maximum Gasteiger partial charge on any atom is 0.407 e. The molecule has 2 aliphatic carbocycles. The zero-order valence-corrected chi connectivity index (χ0v) is 37.9. The smallest absolute Gasteiger partial charge is 0.407 e. The number of amides is 4. The Morgan fingerprint density at radius 1 is 0.547 bits per heavy atom. The lowest BCUT2D eigenvalue weighted by Crippen LogP contribution is -2.54. The Labute approximate surface area is 374 Å². The second-order valence-corrected chi connectivity index (χ2v) is 17.8. The maximum absolute atomic E-state index is 13.8. The predicted octanol–water partition coefficient (Wildman–Crippen LogP) is 5.31. The Kier molecular flexibility index (Phi) is 15.8. The van der Waals surface area contributed by atoms with Gasteiger partial charge in [-0.05, 0) is 122 Å². The minimum Gasteiger partial charge on any atom is -0.456 e. The summed E-state index contributed by atoms with van der Waals surface area (Å²) in [4.78, 5) is 108. The molecule has 4 amide bonds. The van der Waals surface area contributed by atoms with Crippen LogP contribution < -0.4 is 10.6 Å². The normalized spacial score (nSPS) is 18.9. The first-order valence-corrected chi connectivity index (χ1v) is 22.7. The number of carbonyl (C=O) groups is 8. The van der Waals surface area contributed by atoms with Gasteiger partial charge in [-0.3, -0.25) is 19.2 Å². The summed E-state index contributed by atoms with van der Waals surface area (Å²) < 4.78 is 20.6. The number of hydrogen-bond acceptors (Lipinski definition) is 12. The largest absolute Gasteiger partial charge is 0.456 e. The number of Topliss-reactive ketones (excluding diaryl/α,β-unsaturated/α-hetero) is 2. The molecule has 0 unspecified atom stereocenters. The van der Waals surface area contributed by atoms with Gasteiger partial charge in [0.2, 0.25) is 23.4 Å². The summed E-state index contributed by atoms with van der Waals surface area (Å²) in [6.07, 6.45) is 6.96. The van der Waals surface area contributed by atoms with E-state index in [0.29, 0.717) is 62.7 Å². The molecule has 6 rings (SSSR count). The first kappa shape index (κ1) is 47.7. The zero-order valence-electron chi connectivity index (χ0n) is 37.9. The highest BCUT2D eigenvalue weighted by molar-refractivity contribution is 6.02. The van der Waals surface area contributed by atoms with Gasteiger partial charge in [0.25, 0.3) is 0 Å². The van der Waals surface area contributed by atoms with Crippen molar-refractivity contribution in [3.05, 3.63) is 57.6 Å². The van der Waals surface area contributed by atoms with E-state index in [1.165, 1.54) is 24.0 Å². The van der Waals surface area contributed by atoms with Gasteiger partial charge in [-0.2, -0.15) is 0 Å². The number of benzene rings is 2. The molecule has 2 N–H and O–H groups in total. The van der Waals surface area contributed by atoms with Crippen molar-refractivity contribution >= 4 is 47.5 Å². The molecular formula is C48H62N4O12. The Morgan fingerprint density at radius 3 is 1.25 bits per heavy atom. The van der Waals surface area contributed by atoms with Crippen LogP contribution in [-0.4, -0.2) is 122 Å². The number of ketones is 2. The Hall–Kier alpha value is -5.80. The minimum atomic E-state index is -0.892. The lowest BCUT2D eigenvalue weighted by atomic mass is 9.78. The molecule has 0 radical (unpaired) electrons. The van der Waals surface area contributed by atoms with Crippen LogP contribution in [0.3, 0.4) is 0 Å². The summed E-state index contributed by atoms with van der Waals surface area (Å²) in [6.45, 7) is 6.84. The van der Waals surface area contributed by atoms with Crippen molar-refractivity contribution in [1.29, 1.82) is 0 Å². The zero-order chi connectivity index (χ0) is 46.2. The number of alkyl carbamates (subject to hydrolysis) is 2. The number of likely N-dealkylation sites (tertiary alicyclic amines) is 2. The standard InChI is InChI=1S/C48H62N4O12/c1-27(2)41(49-47(59)61-5)43(55)51-23-11-17-37(51)45(57)63-25-39(53)35-21-19-33(29-13-7-9-15-31(29)35)34-20-22-36(32-16-10-8-14-30(32)34)40(54)26-64-46(58)38-18-12-24-52(38)44(56)42(28(3)4)50-48(60)62-6/h19-22,27-28,37-38,41-42H,7-18,23-26H2,1-6H3,(H,49,59)(H,50,60)/t37-,38+,41-,42-/m0/s1. The molecule has 2 saturated heterocycles. The highest BCUT2D eigenvalue weighted by Crippen LogP contribution is 2.40. The third-order valence-electron chi connectivity index (χ3n) is 13.1. The second kappa shape index (κ2) is 21.3. The van der Waals surface area contributed by atoms with Crippen molar-refractivity contribution in [3.8, 4) is 11.1 Å². The van der Waals surface area contributed by atoms with Gasteiger partial charge in [-0.1, -0.05) is 52.0 Å². The Morgan fingerprint density at radius 2 is 0.906 bits per heavy atom. The van der Waals surface area contributed by atoms with Gasteiger partial charge in [0.1, 0.15) is 24.2 Å². The summed E-state index contributed by atoms with van der Waals surface area (Å²) in [5.41, 5.74) is 6.97. The third kappa shape index (κ3) is 10.4. The summed E-state index contributed by atoms with van der Waals surface area (Å²) in [7, 11) is 2.43. The SMILES string of the molecule is COC(=O)N[C@H](C(=O)N1CCC[C@@H]1C(=O)OCC(=O)c1ccc(-c2ccc(C(=O)COC(=O)[C@@H]3CCCN3C(=O)[C@@H](NC(=O)OC)C(C)C)c3c2CCCC3)c2c1CCCC2)C(C)C. The van der Waals surface area contributed by atoms with Crippen LogP contribution in [-0.2, 0) is 63.8 Å². The van der Waals surface area contributed by atoms with Crippen LogP contribution in [0.5, 0.6) is 0 Å². The quantitative estimate of drug-likeness (QED) is 0.133. The number of nitrogens with one attached hydrogen (secondary N) is 2. The number of rotatable bonds is 15. The molecule has 2 fully saturated rings. The van der Waals surface area contributed by atoms with Crippen molar-refractivity contribution in [2.45, 2.75) is 129 Å². The van der Waals surface area contributed by atoms with Crippen molar-refractivity contribution in [2.75, 3.05) is 40.5 Å². The second-order valence-electron chi connectivity index (χ2n) is 17.8. The van der Waals surface area contributed by atoms with E-state index in [2.05, 4.69) is 10.6 Å². The van der Waals surface area contributed by atoms with Gasteiger partial charge in [0.05, 0.1) is 14.2 Å². The molecule has 4 aliphatic rings. The average molecular weight is 887 g/mol. The molecular weight excluding hydrogens is 825 g/mol. The van der Waals surface area contributed by atoms with Crippen LogP contribution in [0.1, 0.15) is 122 Å². The Balaban J connectivity index is 1.15. The summed E-state index contributed by atoms with van der Waals surface area (Å²) >= 11 is 0. The summed E-state index contributed by atoms with van der Waals surface area (Å²) in [6, 6.07) is 3.96. The fourth-order valence-corrected chi connectivity index (χ4v) is 9.69. The van der Waals surface area contributed by atoms with Gasteiger partial charge in [-0.25, -0.2) is 19.2 Å². The number of hydrogen-bond donors (Lipinski definition) is 2. The molecule has 2 aliphatic heterocycles. The molecule has 4 atom stereocenters. The molecule has 346 valence electrons. The molecule has 0 saturated carbocycles. The highest BCUT2D eigenvalue weighted by Gasteiger charge is 2.41. The highest BCUT2D eigenvalue weighted by atomic mass is 16.6. The molecule has 0 bridgehead atoms. The number of methoxy groups -OCH3 is 2. The van der Waals surface area contributed by atoms with Crippen LogP contribution in [0.2, 0.25) is 0 Å². The predicted molar refractivity (Wildman–Crippen MR) is 234 cm³/mol. The van der Waals surface area contributed by atoms with Crippen molar-refractivity contribution < 1.29 is 57.3 Å². The van der Waals surface area contributed by atoms with E-state index in [9.17, 15) is 38.4 Å². The summed E-state index contributed by atoms with van der Waals surface area (Å²) in [5, 5.41) is 5.13. The molecule has 16 heteroatoms.